The largest absolute Gasteiger partial charge is 0.499 e. The van der Waals surface area contributed by atoms with E-state index in [0.29, 0.717) is 39.6 Å². The van der Waals surface area contributed by atoms with Gasteiger partial charge in [0.2, 0.25) is 0 Å². The summed E-state index contributed by atoms with van der Waals surface area (Å²) in [5, 5.41) is 0. The van der Waals surface area contributed by atoms with Gasteiger partial charge in [0.25, 0.3) is 0 Å². The Hall–Kier alpha value is -2.30. The minimum atomic E-state index is -0.0967. The topological polar surface area (TPSA) is 36.9 Å². The van der Waals surface area contributed by atoms with Gasteiger partial charge in [-0.2, -0.15) is 0 Å². The Bertz CT molecular complexity index is 1290. The molecule has 4 heteroatoms. The van der Waals surface area contributed by atoms with Crippen molar-refractivity contribution in [2.24, 2.45) is 32.5 Å². The van der Waals surface area contributed by atoms with Gasteiger partial charge in [0.15, 0.2) is 0 Å². The lowest BCUT2D eigenvalue weighted by Gasteiger charge is -2.52. The second-order valence-corrected chi connectivity index (χ2v) is 21.7. The van der Waals surface area contributed by atoms with Crippen LogP contribution in [0.5, 0.6) is 0 Å². The van der Waals surface area contributed by atoms with Crippen molar-refractivity contribution in [2.75, 3.05) is 39.6 Å². The Balaban J connectivity index is 3.52. The monoisotopic (exact) mass is 751 g/mol. The van der Waals surface area contributed by atoms with Crippen LogP contribution in [-0.4, -0.2) is 39.6 Å². The molecule has 4 nitrogen and oxygen atoms in total. The average Bonchev–Trinajstić information content (AvgIpc) is 3.01. The molecule has 0 aliphatic rings. The number of ether oxygens (including phenoxy) is 4. The summed E-state index contributed by atoms with van der Waals surface area (Å²) >= 11 is 0. The molecule has 0 amide bonds. The van der Waals surface area contributed by atoms with Crippen LogP contribution in [0.25, 0.3) is 0 Å². The molecule has 0 heterocycles. The van der Waals surface area contributed by atoms with Crippen LogP contribution in [0.2, 0.25) is 0 Å². The SMILES string of the molecule is C=COCCOCC=CC(C)(C)C(C)(C)CC(C)(C)C(C)(C)c1cc(C(C)(C)C)cc(C(C)(C)C(C)(C)CC(C)(C)C(C)(C)C=CCOCCOC=C)c1. The van der Waals surface area contributed by atoms with Crippen molar-refractivity contribution in [3.05, 3.63) is 84.9 Å². The lowest BCUT2D eigenvalue weighted by molar-refractivity contribution is 0.0458. The maximum atomic E-state index is 5.76. The molecule has 0 aliphatic carbocycles. The smallest absolute Gasteiger partial charge is 0.111 e. The molecule has 1 aromatic rings. The van der Waals surface area contributed by atoms with Crippen molar-refractivity contribution in [1.29, 1.82) is 0 Å². The standard InChI is InChI=1S/C50H86O4/c1-22-51-30-32-53-28-24-26-43(6,7)45(10,11)37-47(14,15)49(18,19)40-34-39(42(3,4)5)35-41(36-40)50(20,21)48(16,17)38-46(12,13)44(8,9)27-25-29-54-33-31-52-23-2/h22-27,34-36H,1-2,28-33,37-38H2,3-21H3. The molecule has 0 spiro atoms. The van der Waals surface area contributed by atoms with Crippen LogP contribution in [-0.2, 0) is 35.2 Å². The number of benzene rings is 1. The molecule has 54 heavy (non-hydrogen) atoms. The first-order chi connectivity index (χ1) is 24.4. The number of hydrogen-bond donors (Lipinski definition) is 0. The molecule has 0 saturated carbocycles. The van der Waals surface area contributed by atoms with Gasteiger partial charge in [-0.1, -0.05) is 187 Å². The van der Waals surface area contributed by atoms with Gasteiger partial charge < -0.3 is 18.9 Å². The second kappa shape index (κ2) is 18.8. The van der Waals surface area contributed by atoms with Crippen LogP contribution in [0.4, 0.5) is 0 Å². The summed E-state index contributed by atoms with van der Waals surface area (Å²) in [6.45, 7) is 56.6. The quantitative estimate of drug-likeness (QED) is 0.0599. The first-order valence-electron chi connectivity index (χ1n) is 20.5. The molecule has 0 saturated heterocycles. The summed E-state index contributed by atoms with van der Waals surface area (Å²) in [6, 6.07) is 7.60. The van der Waals surface area contributed by atoms with E-state index in [1.54, 1.807) is 0 Å². The first kappa shape index (κ1) is 49.7. The summed E-state index contributed by atoms with van der Waals surface area (Å²) in [6.07, 6.45) is 14.1. The summed E-state index contributed by atoms with van der Waals surface area (Å²) in [7, 11) is 0. The van der Waals surface area contributed by atoms with Crippen molar-refractivity contribution in [3.8, 4) is 0 Å². The van der Waals surface area contributed by atoms with Crippen LogP contribution in [0.1, 0.15) is 161 Å². The van der Waals surface area contributed by atoms with Crippen LogP contribution >= 0.6 is 0 Å². The summed E-state index contributed by atoms with van der Waals surface area (Å²) in [5.41, 5.74) is 4.07. The average molecular weight is 751 g/mol. The Morgan fingerprint density at radius 3 is 1.06 bits per heavy atom. The minimum Gasteiger partial charge on any atom is -0.499 e. The summed E-state index contributed by atoms with van der Waals surface area (Å²) in [4.78, 5) is 0. The molecule has 0 unspecified atom stereocenters. The summed E-state index contributed by atoms with van der Waals surface area (Å²) in [5.74, 6) is 0. The van der Waals surface area contributed by atoms with Crippen LogP contribution < -0.4 is 0 Å². The van der Waals surface area contributed by atoms with E-state index in [9.17, 15) is 0 Å². The molecule has 0 aliphatic heterocycles. The molecule has 1 rings (SSSR count). The third-order valence-electron chi connectivity index (χ3n) is 14.3. The number of hydrogen-bond acceptors (Lipinski definition) is 4. The van der Waals surface area contributed by atoms with Gasteiger partial charge in [-0.15, -0.1) is 0 Å². The molecule has 0 aromatic heterocycles. The molecular weight excluding hydrogens is 665 g/mol. The number of allylic oxidation sites excluding steroid dienone is 2. The third kappa shape index (κ3) is 12.9. The highest BCUT2D eigenvalue weighted by molar-refractivity contribution is 5.42. The minimum absolute atomic E-state index is 0.00564. The predicted molar refractivity (Wildman–Crippen MR) is 235 cm³/mol. The molecular formula is C50H86O4. The first-order valence-corrected chi connectivity index (χ1v) is 20.5. The predicted octanol–water partition coefficient (Wildman–Crippen LogP) is 13.9. The van der Waals surface area contributed by atoms with E-state index in [0.717, 1.165) is 12.8 Å². The molecule has 0 radical (unpaired) electrons. The van der Waals surface area contributed by atoms with E-state index in [1.807, 2.05) is 0 Å². The van der Waals surface area contributed by atoms with Crippen molar-refractivity contribution < 1.29 is 18.9 Å². The third-order valence-corrected chi connectivity index (χ3v) is 14.3. The van der Waals surface area contributed by atoms with Gasteiger partial charge in [-0.25, -0.2) is 0 Å². The molecule has 0 atom stereocenters. The highest BCUT2D eigenvalue weighted by atomic mass is 16.5. The van der Waals surface area contributed by atoms with Gasteiger partial charge in [0.05, 0.1) is 39.0 Å². The highest BCUT2D eigenvalue weighted by Crippen LogP contribution is 2.57. The lowest BCUT2D eigenvalue weighted by atomic mass is 9.52. The fourth-order valence-electron chi connectivity index (χ4n) is 7.49. The fourth-order valence-corrected chi connectivity index (χ4v) is 7.49. The van der Waals surface area contributed by atoms with Gasteiger partial charge in [-0.05, 0) is 78.3 Å². The normalized spacial score (nSPS) is 14.6. The Morgan fingerprint density at radius 2 is 0.759 bits per heavy atom. The zero-order chi connectivity index (χ0) is 42.1. The van der Waals surface area contributed by atoms with E-state index >= 15 is 0 Å². The fraction of sp³-hybridized carbons (Fsp3) is 0.720. The highest BCUT2D eigenvalue weighted by Gasteiger charge is 2.49. The Morgan fingerprint density at radius 1 is 0.444 bits per heavy atom. The number of rotatable bonds is 24. The van der Waals surface area contributed by atoms with E-state index in [2.05, 4.69) is 187 Å². The Labute approximate surface area is 335 Å². The van der Waals surface area contributed by atoms with E-state index < -0.39 is 0 Å². The zero-order valence-corrected chi connectivity index (χ0v) is 38.9. The van der Waals surface area contributed by atoms with Crippen LogP contribution in [0.15, 0.2) is 68.2 Å². The molecule has 0 bridgehead atoms. The van der Waals surface area contributed by atoms with E-state index in [1.165, 1.54) is 29.2 Å². The second-order valence-electron chi connectivity index (χ2n) is 21.7. The van der Waals surface area contributed by atoms with Crippen LogP contribution in [0, 0.1) is 32.5 Å². The van der Waals surface area contributed by atoms with E-state index in [-0.39, 0.29) is 48.7 Å². The van der Waals surface area contributed by atoms with Gasteiger partial charge >= 0.3 is 0 Å². The molecule has 1 aromatic carbocycles. The lowest BCUT2D eigenvalue weighted by Crippen LogP contribution is -2.45. The van der Waals surface area contributed by atoms with Crippen molar-refractivity contribution >= 4 is 0 Å². The molecule has 0 N–H and O–H groups in total. The molecule has 0 fully saturated rings. The van der Waals surface area contributed by atoms with Gasteiger partial charge in [0.1, 0.15) is 13.2 Å². The van der Waals surface area contributed by atoms with Crippen LogP contribution in [0.3, 0.4) is 0 Å². The Kier molecular flexibility index (Phi) is 17.3. The maximum absolute atomic E-state index is 5.76. The van der Waals surface area contributed by atoms with E-state index in [4.69, 9.17) is 18.9 Å². The molecule has 310 valence electrons. The van der Waals surface area contributed by atoms with Crippen molar-refractivity contribution in [1.82, 2.24) is 0 Å². The summed E-state index contributed by atoms with van der Waals surface area (Å²) < 4.78 is 21.9. The zero-order valence-electron chi connectivity index (χ0n) is 38.9. The van der Waals surface area contributed by atoms with Gasteiger partial charge in [-0.3, -0.25) is 0 Å². The van der Waals surface area contributed by atoms with Crippen molar-refractivity contribution in [2.45, 2.75) is 161 Å². The maximum Gasteiger partial charge on any atom is 0.111 e. The van der Waals surface area contributed by atoms with Gasteiger partial charge in [0, 0.05) is 0 Å². The van der Waals surface area contributed by atoms with Crippen molar-refractivity contribution in [3.63, 3.8) is 0 Å².